The van der Waals surface area contributed by atoms with Gasteiger partial charge in [0.15, 0.2) is 11.7 Å². The van der Waals surface area contributed by atoms with Gasteiger partial charge in [0, 0.05) is 18.7 Å². The van der Waals surface area contributed by atoms with Crippen molar-refractivity contribution in [3.8, 4) is 16.9 Å². The molecule has 2 atom stereocenters. The van der Waals surface area contributed by atoms with E-state index >= 15 is 0 Å². The number of aliphatic imine (C=N–C) groups is 1. The summed E-state index contributed by atoms with van der Waals surface area (Å²) in [6, 6.07) is 22.2. The molecule has 3 aromatic rings. The second-order valence-electron chi connectivity index (χ2n) is 10.8. The smallest absolute Gasteiger partial charge is 0.242 e. The summed E-state index contributed by atoms with van der Waals surface area (Å²) in [7, 11) is 0. The van der Waals surface area contributed by atoms with Crippen LogP contribution in [0.25, 0.3) is 11.1 Å². The molecule has 45 heavy (non-hydrogen) atoms. The van der Waals surface area contributed by atoms with Gasteiger partial charge in [0.05, 0.1) is 12.6 Å². The molecular formula is C34H45N7O4. The first-order valence-corrected chi connectivity index (χ1v) is 15.3. The van der Waals surface area contributed by atoms with Gasteiger partial charge in [0.1, 0.15) is 11.8 Å². The average Bonchev–Trinajstić information content (AvgIpc) is 3.05. The van der Waals surface area contributed by atoms with E-state index in [2.05, 4.69) is 20.9 Å². The van der Waals surface area contributed by atoms with Gasteiger partial charge >= 0.3 is 0 Å². The maximum atomic E-state index is 13.6. The summed E-state index contributed by atoms with van der Waals surface area (Å²) >= 11 is 0. The average molecular weight is 616 g/mol. The summed E-state index contributed by atoms with van der Waals surface area (Å²) in [6.45, 7) is 1.28. The highest BCUT2D eigenvalue weighted by molar-refractivity contribution is 5.98. The molecule has 0 spiro atoms. The van der Waals surface area contributed by atoms with Gasteiger partial charge in [-0.25, -0.2) is 0 Å². The van der Waals surface area contributed by atoms with Crippen molar-refractivity contribution in [3.63, 3.8) is 0 Å². The summed E-state index contributed by atoms with van der Waals surface area (Å²) in [6.07, 6.45) is 3.41. The highest BCUT2D eigenvalue weighted by atomic mass is 16.3. The number of nitrogens with two attached hydrogens (primary N) is 3. The SMILES string of the molecule is NCCCC[C@H](NC(=O)[C@H](Cc1ccc(O)cc1)NCC(=O)c1ccc(-c2ccccc2)cc1)C(=O)NCCCCN=C(N)N. The Hall–Kier alpha value is -4.74. The van der Waals surface area contributed by atoms with Gasteiger partial charge in [-0.05, 0) is 73.9 Å². The number of phenols is 1. The Balaban J connectivity index is 1.67. The first-order chi connectivity index (χ1) is 21.8. The fourth-order valence-corrected chi connectivity index (χ4v) is 4.74. The molecule has 0 saturated heterocycles. The van der Waals surface area contributed by atoms with Gasteiger partial charge in [0.25, 0.3) is 0 Å². The predicted molar refractivity (Wildman–Crippen MR) is 178 cm³/mol. The Kier molecular flexibility index (Phi) is 14.5. The normalized spacial score (nSPS) is 12.1. The van der Waals surface area contributed by atoms with Crippen LogP contribution in [0.15, 0.2) is 83.9 Å². The molecule has 11 heteroatoms. The molecular weight excluding hydrogens is 570 g/mol. The second kappa shape index (κ2) is 18.8. The lowest BCUT2D eigenvalue weighted by molar-refractivity contribution is -0.130. The zero-order valence-corrected chi connectivity index (χ0v) is 25.6. The standard InChI is InChI=1S/C34H45N7O4/c35-19-5-4-10-29(32(44)38-20-6-7-21-39-34(36)37)41-33(45)30(22-24-11-17-28(42)18-12-24)40-23-31(43)27-15-13-26(14-16-27)25-8-2-1-3-9-25/h1-3,8-9,11-18,29-30,40,42H,4-7,10,19-23,35H2,(H,38,44)(H,41,45)(H4,36,37,39)/t29-,30-/m0/s1. The maximum absolute atomic E-state index is 13.6. The number of guanidine groups is 1. The number of aromatic hydroxyl groups is 1. The van der Waals surface area contributed by atoms with Crippen LogP contribution in [-0.4, -0.2) is 66.9 Å². The van der Waals surface area contributed by atoms with Crippen LogP contribution in [-0.2, 0) is 16.0 Å². The third kappa shape index (κ3) is 12.4. The molecule has 0 heterocycles. The van der Waals surface area contributed by atoms with Gasteiger partial charge in [-0.3, -0.25) is 24.7 Å². The first-order valence-electron chi connectivity index (χ1n) is 15.3. The van der Waals surface area contributed by atoms with Gasteiger partial charge in [-0.1, -0.05) is 66.7 Å². The lowest BCUT2D eigenvalue weighted by atomic mass is 10.0. The molecule has 0 aliphatic rings. The van der Waals surface area contributed by atoms with Crippen LogP contribution in [0.1, 0.15) is 48.0 Å². The largest absolute Gasteiger partial charge is 0.508 e. The van der Waals surface area contributed by atoms with E-state index in [0.29, 0.717) is 57.3 Å². The second-order valence-corrected chi connectivity index (χ2v) is 10.8. The molecule has 0 saturated carbocycles. The number of benzene rings is 3. The minimum Gasteiger partial charge on any atom is -0.508 e. The van der Waals surface area contributed by atoms with Crippen molar-refractivity contribution in [1.29, 1.82) is 0 Å². The van der Waals surface area contributed by atoms with Crippen molar-refractivity contribution in [2.75, 3.05) is 26.2 Å². The number of nitrogens with zero attached hydrogens (tertiary/aromatic N) is 1. The zero-order chi connectivity index (χ0) is 32.4. The number of carbonyl (C=O) groups excluding carboxylic acids is 3. The number of phenolic OH excluding ortho intramolecular Hbond substituents is 1. The lowest BCUT2D eigenvalue weighted by Crippen LogP contribution is -2.54. The number of unbranched alkanes of at least 4 members (excludes halogenated alkanes) is 2. The van der Waals surface area contributed by atoms with E-state index in [1.54, 1.807) is 36.4 Å². The molecule has 0 radical (unpaired) electrons. The highest BCUT2D eigenvalue weighted by Crippen LogP contribution is 2.19. The van der Waals surface area contributed by atoms with E-state index < -0.39 is 18.0 Å². The Labute approximate surface area is 264 Å². The zero-order valence-electron chi connectivity index (χ0n) is 25.6. The van der Waals surface area contributed by atoms with E-state index in [4.69, 9.17) is 17.2 Å². The van der Waals surface area contributed by atoms with Crippen molar-refractivity contribution < 1.29 is 19.5 Å². The predicted octanol–water partition coefficient (Wildman–Crippen LogP) is 2.23. The molecule has 0 aliphatic heterocycles. The molecule has 3 aromatic carbocycles. The van der Waals surface area contributed by atoms with E-state index in [-0.39, 0.29) is 36.4 Å². The molecule has 0 fully saturated rings. The number of ketones is 1. The number of amides is 2. The summed E-state index contributed by atoms with van der Waals surface area (Å²) < 4.78 is 0. The van der Waals surface area contributed by atoms with Crippen molar-refractivity contribution in [1.82, 2.24) is 16.0 Å². The van der Waals surface area contributed by atoms with Gasteiger partial charge in [-0.15, -0.1) is 0 Å². The Morgan fingerprint density at radius 1 is 0.778 bits per heavy atom. The molecule has 3 rings (SSSR count). The summed E-state index contributed by atoms with van der Waals surface area (Å²) in [5.41, 5.74) is 19.7. The van der Waals surface area contributed by atoms with Crippen LogP contribution in [0, 0.1) is 0 Å². The molecule has 2 amide bonds. The topological polar surface area (TPSA) is 198 Å². The molecule has 0 aliphatic carbocycles. The number of nitrogens with one attached hydrogen (secondary N) is 3. The minimum absolute atomic E-state index is 0.0276. The highest BCUT2D eigenvalue weighted by Gasteiger charge is 2.26. The fourth-order valence-electron chi connectivity index (χ4n) is 4.74. The molecule has 0 aromatic heterocycles. The lowest BCUT2D eigenvalue weighted by Gasteiger charge is -2.23. The van der Waals surface area contributed by atoms with Crippen molar-refractivity contribution in [2.24, 2.45) is 22.2 Å². The third-order valence-corrected chi connectivity index (χ3v) is 7.27. The van der Waals surface area contributed by atoms with Crippen molar-refractivity contribution in [2.45, 2.75) is 50.6 Å². The van der Waals surface area contributed by atoms with E-state index in [1.807, 2.05) is 42.5 Å². The number of carbonyl (C=O) groups is 3. The van der Waals surface area contributed by atoms with Crippen LogP contribution in [0.3, 0.4) is 0 Å². The van der Waals surface area contributed by atoms with Crippen LogP contribution in [0.2, 0.25) is 0 Å². The van der Waals surface area contributed by atoms with Crippen LogP contribution in [0.5, 0.6) is 5.75 Å². The fraction of sp³-hybridized carbons (Fsp3) is 0.353. The van der Waals surface area contributed by atoms with Crippen LogP contribution < -0.4 is 33.2 Å². The number of hydrogen-bond acceptors (Lipinski definition) is 7. The Morgan fingerprint density at radius 3 is 2.13 bits per heavy atom. The van der Waals surface area contributed by atoms with E-state index in [1.165, 1.54) is 0 Å². The number of hydrogen-bond donors (Lipinski definition) is 7. The first kappa shape index (κ1) is 34.7. The Morgan fingerprint density at radius 2 is 1.47 bits per heavy atom. The molecule has 0 unspecified atom stereocenters. The minimum atomic E-state index is -0.813. The van der Waals surface area contributed by atoms with Crippen LogP contribution in [0.4, 0.5) is 0 Å². The molecule has 0 bridgehead atoms. The number of Topliss-reactive ketones (excluding diaryl/α,β-unsaturated/α-hetero) is 1. The van der Waals surface area contributed by atoms with Gasteiger partial charge in [0.2, 0.25) is 11.8 Å². The van der Waals surface area contributed by atoms with Gasteiger partial charge in [-0.2, -0.15) is 0 Å². The van der Waals surface area contributed by atoms with Crippen molar-refractivity contribution in [3.05, 3.63) is 90.0 Å². The molecule has 11 nitrogen and oxygen atoms in total. The van der Waals surface area contributed by atoms with E-state index in [9.17, 15) is 19.5 Å². The third-order valence-electron chi connectivity index (χ3n) is 7.27. The van der Waals surface area contributed by atoms with Crippen LogP contribution >= 0.6 is 0 Å². The molecule has 240 valence electrons. The summed E-state index contributed by atoms with van der Waals surface area (Å²) in [5.74, 6) is -0.733. The van der Waals surface area contributed by atoms with Gasteiger partial charge < -0.3 is 32.9 Å². The molecule has 10 N–H and O–H groups in total. The quantitative estimate of drug-likeness (QED) is 0.0461. The number of rotatable bonds is 19. The van der Waals surface area contributed by atoms with E-state index in [0.717, 1.165) is 16.7 Å². The summed E-state index contributed by atoms with van der Waals surface area (Å²) in [4.78, 5) is 43.8. The maximum Gasteiger partial charge on any atom is 0.242 e. The Bertz CT molecular complexity index is 1380. The van der Waals surface area contributed by atoms with Crippen molar-refractivity contribution >= 4 is 23.6 Å². The monoisotopic (exact) mass is 615 g/mol. The summed E-state index contributed by atoms with van der Waals surface area (Å²) in [5, 5.41) is 18.6.